The predicted octanol–water partition coefficient (Wildman–Crippen LogP) is 4.75. The number of anilines is 2. The van der Waals surface area contributed by atoms with Gasteiger partial charge in [-0.1, -0.05) is 29.8 Å². The van der Waals surface area contributed by atoms with E-state index in [1.54, 1.807) is 42.5 Å². The Labute approximate surface area is 196 Å². The maximum absolute atomic E-state index is 13.4. The van der Waals surface area contributed by atoms with Crippen molar-refractivity contribution in [3.63, 3.8) is 0 Å². The van der Waals surface area contributed by atoms with E-state index < -0.39 is 5.97 Å². The van der Waals surface area contributed by atoms with Gasteiger partial charge in [-0.25, -0.2) is 9.18 Å². The minimum atomic E-state index is -1.06. The van der Waals surface area contributed by atoms with Gasteiger partial charge in [0.1, 0.15) is 5.82 Å². The summed E-state index contributed by atoms with van der Waals surface area (Å²) < 4.78 is 13.4. The van der Waals surface area contributed by atoms with Gasteiger partial charge in [0, 0.05) is 49.0 Å². The van der Waals surface area contributed by atoms with Crippen LogP contribution in [0.3, 0.4) is 0 Å². The van der Waals surface area contributed by atoms with Crippen molar-refractivity contribution in [2.45, 2.75) is 6.54 Å². The van der Waals surface area contributed by atoms with Gasteiger partial charge in [0.2, 0.25) is 0 Å². The van der Waals surface area contributed by atoms with Crippen molar-refractivity contribution in [1.29, 1.82) is 0 Å². The number of halogens is 2. The molecule has 0 atom stereocenters. The van der Waals surface area contributed by atoms with E-state index in [9.17, 15) is 19.1 Å². The predicted molar refractivity (Wildman–Crippen MR) is 127 cm³/mol. The molecule has 1 fully saturated rings. The van der Waals surface area contributed by atoms with Crippen LogP contribution in [0.2, 0.25) is 5.02 Å². The van der Waals surface area contributed by atoms with Crippen molar-refractivity contribution in [2.75, 3.05) is 36.4 Å². The zero-order chi connectivity index (χ0) is 23.4. The van der Waals surface area contributed by atoms with E-state index in [0.29, 0.717) is 41.6 Å². The quantitative estimate of drug-likeness (QED) is 0.547. The topological polar surface area (TPSA) is 72.9 Å². The molecule has 3 aromatic carbocycles. The number of hydrogen-bond donors (Lipinski definition) is 2. The van der Waals surface area contributed by atoms with Crippen molar-refractivity contribution < 1.29 is 19.1 Å². The lowest BCUT2D eigenvalue weighted by Crippen LogP contribution is -2.46. The number of hydrogen-bond acceptors (Lipinski definition) is 4. The van der Waals surface area contributed by atoms with Gasteiger partial charge in [-0.05, 0) is 54.1 Å². The van der Waals surface area contributed by atoms with Crippen molar-refractivity contribution in [1.82, 2.24) is 4.90 Å². The number of nitrogens with one attached hydrogen (secondary N) is 1. The fourth-order valence-corrected chi connectivity index (χ4v) is 4.12. The number of piperazine rings is 1. The number of amides is 1. The number of carbonyl (C=O) groups is 2. The molecule has 0 aromatic heterocycles. The van der Waals surface area contributed by atoms with Crippen LogP contribution in [-0.4, -0.2) is 48.1 Å². The van der Waals surface area contributed by atoms with Crippen molar-refractivity contribution >= 4 is 34.9 Å². The van der Waals surface area contributed by atoms with Crippen LogP contribution in [0.1, 0.15) is 26.3 Å². The average molecular weight is 468 g/mol. The summed E-state index contributed by atoms with van der Waals surface area (Å²) in [6, 6.07) is 18.0. The second-order valence-corrected chi connectivity index (χ2v) is 8.33. The zero-order valence-corrected chi connectivity index (χ0v) is 18.6. The molecule has 6 nitrogen and oxygen atoms in total. The van der Waals surface area contributed by atoms with Crippen LogP contribution in [0.25, 0.3) is 0 Å². The van der Waals surface area contributed by atoms with Crippen LogP contribution >= 0.6 is 11.6 Å². The molecule has 0 radical (unpaired) electrons. The second-order valence-electron chi connectivity index (χ2n) is 7.89. The number of nitrogens with zero attached hydrogens (tertiary/aromatic N) is 2. The second kappa shape index (κ2) is 10.0. The van der Waals surface area contributed by atoms with Gasteiger partial charge < -0.3 is 15.3 Å². The van der Waals surface area contributed by atoms with Crippen molar-refractivity contribution in [3.8, 4) is 0 Å². The van der Waals surface area contributed by atoms with Gasteiger partial charge in [-0.15, -0.1) is 0 Å². The number of carboxylic acids is 1. The first-order valence-electron chi connectivity index (χ1n) is 10.5. The van der Waals surface area contributed by atoms with Crippen LogP contribution in [0.4, 0.5) is 15.8 Å². The lowest BCUT2D eigenvalue weighted by Gasteiger charge is -2.36. The highest BCUT2D eigenvalue weighted by Crippen LogP contribution is 2.26. The van der Waals surface area contributed by atoms with E-state index >= 15 is 0 Å². The fourth-order valence-electron chi connectivity index (χ4n) is 3.93. The molecule has 170 valence electrons. The lowest BCUT2D eigenvalue weighted by atomic mass is 10.1. The summed E-state index contributed by atoms with van der Waals surface area (Å²) in [7, 11) is 0. The third kappa shape index (κ3) is 5.69. The number of carboxylic acid groups (broad SMARTS) is 1. The third-order valence-electron chi connectivity index (χ3n) is 5.58. The summed E-state index contributed by atoms with van der Waals surface area (Å²) in [6.07, 6.45) is 0. The molecule has 2 N–H and O–H groups in total. The minimum absolute atomic E-state index is 0.123. The molecule has 3 aromatic rings. The van der Waals surface area contributed by atoms with Gasteiger partial charge in [0.15, 0.2) is 0 Å². The van der Waals surface area contributed by atoms with Crippen LogP contribution in [0.5, 0.6) is 0 Å². The fraction of sp³-hybridized carbons (Fsp3) is 0.200. The molecular weight excluding hydrogens is 445 g/mol. The maximum Gasteiger partial charge on any atom is 0.337 e. The molecule has 0 saturated carbocycles. The summed E-state index contributed by atoms with van der Waals surface area (Å²) in [4.78, 5) is 28.7. The molecule has 8 heteroatoms. The summed E-state index contributed by atoms with van der Waals surface area (Å²) >= 11 is 5.94. The van der Waals surface area contributed by atoms with E-state index in [1.165, 1.54) is 18.2 Å². The van der Waals surface area contributed by atoms with Crippen molar-refractivity contribution in [3.05, 3.63) is 94.3 Å². The van der Waals surface area contributed by atoms with Crippen LogP contribution < -0.4 is 10.2 Å². The van der Waals surface area contributed by atoms with Crippen LogP contribution in [0, 0.1) is 5.82 Å². The SMILES string of the molecule is O=C(Nc1ccc(N2CCN(Cc3cccc(F)c3)CC2)c(C(=O)O)c1)c1cccc(Cl)c1. The Kier molecular flexibility index (Phi) is 6.91. The lowest BCUT2D eigenvalue weighted by molar-refractivity contribution is 0.0697. The first-order valence-corrected chi connectivity index (χ1v) is 10.9. The van der Waals surface area contributed by atoms with Gasteiger partial charge >= 0.3 is 5.97 Å². The van der Waals surface area contributed by atoms with E-state index in [0.717, 1.165) is 18.7 Å². The smallest absolute Gasteiger partial charge is 0.337 e. The highest BCUT2D eigenvalue weighted by molar-refractivity contribution is 6.31. The molecule has 1 aliphatic heterocycles. The van der Waals surface area contributed by atoms with E-state index in [2.05, 4.69) is 10.2 Å². The Balaban J connectivity index is 1.44. The number of rotatable bonds is 6. The highest BCUT2D eigenvalue weighted by atomic mass is 35.5. The summed E-state index contributed by atoms with van der Waals surface area (Å²) in [5, 5.41) is 13.0. The number of carbonyl (C=O) groups excluding carboxylic acids is 1. The molecule has 33 heavy (non-hydrogen) atoms. The summed E-state index contributed by atoms with van der Waals surface area (Å²) in [5.74, 6) is -1.68. The molecule has 1 heterocycles. The Morgan fingerprint density at radius 3 is 2.42 bits per heavy atom. The summed E-state index contributed by atoms with van der Waals surface area (Å²) in [6.45, 7) is 3.38. The van der Waals surface area contributed by atoms with Gasteiger partial charge in [-0.3, -0.25) is 9.69 Å². The number of benzene rings is 3. The molecule has 0 aliphatic carbocycles. The largest absolute Gasteiger partial charge is 0.478 e. The Hall–Kier alpha value is -3.42. The van der Waals surface area contributed by atoms with E-state index in [-0.39, 0.29) is 17.3 Å². The van der Waals surface area contributed by atoms with Gasteiger partial charge in [0.05, 0.1) is 11.3 Å². The van der Waals surface area contributed by atoms with Crippen LogP contribution in [-0.2, 0) is 6.54 Å². The van der Waals surface area contributed by atoms with E-state index in [4.69, 9.17) is 11.6 Å². The molecule has 0 unspecified atom stereocenters. The number of aromatic carboxylic acids is 1. The molecule has 1 amide bonds. The normalized spacial score (nSPS) is 14.2. The molecule has 1 aliphatic rings. The average Bonchev–Trinajstić information content (AvgIpc) is 2.79. The zero-order valence-electron chi connectivity index (χ0n) is 17.8. The minimum Gasteiger partial charge on any atom is -0.478 e. The molecule has 0 bridgehead atoms. The van der Waals surface area contributed by atoms with Crippen LogP contribution in [0.15, 0.2) is 66.7 Å². The van der Waals surface area contributed by atoms with Crippen molar-refractivity contribution in [2.24, 2.45) is 0 Å². The standard InChI is InChI=1S/C25H23ClFN3O3/c26-19-5-2-4-18(14-19)24(31)28-21-7-8-23(22(15-21)25(32)33)30-11-9-29(10-12-30)16-17-3-1-6-20(27)13-17/h1-8,13-15H,9-12,16H2,(H,28,31)(H,32,33). The molecule has 1 saturated heterocycles. The van der Waals surface area contributed by atoms with Gasteiger partial charge in [0.25, 0.3) is 5.91 Å². The first-order chi connectivity index (χ1) is 15.9. The maximum atomic E-state index is 13.4. The Morgan fingerprint density at radius 2 is 1.73 bits per heavy atom. The highest BCUT2D eigenvalue weighted by Gasteiger charge is 2.22. The first kappa shape index (κ1) is 22.8. The van der Waals surface area contributed by atoms with E-state index in [1.807, 2.05) is 11.0 Å². The molecular formula is C25H23ClFN3O3. The van der Waals surface area contributed by atoms with Gasteiger partial charge in [-0.2, -0.15) is 0 Å². The monoisotopic (exact) mass is 467 g/mol. The Morgan fingerprint density at radius 1 is 0.970 bits per heavy atom. The molecule has 4 rings (SSSR count). The molecule has 0 spiro atoms. The summed E-state index contributed by atoms with van der Waals surface area (Å²) in [5.41, 5.74) is 2.42. The Bertz CT molecular complexity index is 1180. The third-order valence-corrected chi connectivity index (χ3v) is 5.81.